The standard InChI is InChI=1S/C11H15O2/c12-8-10-13-9-4-7-11-5-2-1-3-6-11/h1-3,5-6H,4,7-10H2. The van der Waals surface area contributed by atoms with E-state index < -0.39 is 0 Å². The van der Waals surface area contributed by atoms with Crippen molar-refractivity contribution in [2.45, 2.75) is 12.8 Å². The van der Waals surface area contributed by atoms with Crippen LogP contribution < -0.4 is 0 Å². The van der Waals surface area contributed by atoms with E-state index in [-0.39, 0.29) is 6.61 Å². The predicted octanol–water partition coefficient (Wildman–Crippen LogP) is 2.07. The predicted molar refractivity (Wildman–Crippen MR) is 51.1 cm³/mol. The highest BCUT2D eigenvalue weighted by molar-refractivity contribution is 5.14. The number of benzene rings is 1. The number of aryl methyl sites for hydroxylation is 1. The lowest BCUT2D eigenvalue weighted by molar-refractivity contribution is 0.0628. The topological polar surface area (TPSA) is 29.1 Å². The Morgan fingerprint density at radius 3 is 2.54 bits per heavy atom. The molecule has 0 saturated heterocycles. The first-order valence-corrected chi connectivity index (χ1v) is 4.63. The van der Waals surface area contributed by atoms with Gasteiger partial charge in [-0.3, -0.25) is 0 Å². The molecule has 0 N–H and O–H groups in total. The second-order valence-electron chi connectivity index (χ2n) is 2.91. The van der Waals surface area contributed by atoms with Gasteiger partial charge in [0.25, 0.3) is 0 Å². The van der Waals surface area contributed by atoms with Crippen LogP contribution in [0.2, 0.25) is 0 Å². The van der Waals surface area contributed by atoms with Gasteiger partial charge >= 0.3 is 0 Å². The molecule has 0 aliphatic rings. The molecule has 1 aromatic carbocycles. The number of hydrogen-bond acceptors (Lipinski definition) is 1. The lowest BCUT2D eigenvalue weighted by atomic mass is 10.1. The molecule has 0 spiro atoms. The maximum Gasteiger partial charge on any atom is 0.106 e. The van der Waals surface area contributed by atoms with E-state index in [2.05, 4.69) is 12.1 Å². The fraction of sp³-hybridized carbons (Fsp3) is 0.455. The van der Waals surface area contributed by atoms with Crippen molar-refractivity contribution in [2.24, 2.45) is 0 Å². The van der Waals surface area contributed by atoms with Gasteiger partial charge in [-0.2, -0.15) is 0 Å². The summed E-state index contributed by atoms with van der Waals surface area (Å²) in [5.74, 6) is 0. The molecule has 0 aromatic heterocycles. The molecule has 2 nitrogen and oxygen atoms in total. The summed E-state index contributed by atoms with van der Waals surface area (Å²) in [6.07, 6.45) is 2.02. The number of hydrogen-bond donors (Lipinski definition) is 0. The largest absolute Gasteiger partial charge is 0.379 e. The normalized spacial score (nSPS) is 10.2. The first kappa shape index (κ1) is 10.2. The Labute approximate surface area is 79.2 Å². The van der Waals surface area contributed by atoms with E-state index in [1.807, 2.05) is 18.2 Å². The van der Waals surface area contributed by atoms with Crippen molar-refractivity contribution in [2.75, 3.05) is 19.8 Å². The summed E-state index contributed by atoms with van der Waals surface area (Å²) in [4.78, 5) is 0. The van der Waals surface area contributed by atoms with Crippen LogP contribution in [0.3, 0.4) is 0 Å². The Bertz CT molecular complexity index is 209. The number of rotatable bonds is 6. The van der Waals surface area contributed by atoms with Crippen LogP contribution in [0.5, 0.6) is 0 Å². The van der Waals surface area contributed by atoms with Gasteiger partial charge in [0, 0.05) is 6.61 Å². The maximum atomic E-state index is 10.0. The van der Waals surface area contributed by atoms with Crippen LogP contribution in [0.15, 0.2) is 30.3 Å². The number of ether oxygens (including phenoxy) is 1. The monoisotopic (exact) mass is 179 g/mol. The van der Waals surface area contributed by atoms with Crippen LogP contribution in [0.1, 0.15) is 12.0 Å². The Morgan fingerprint density at radius 1 is 1.08 bits per heavy atom. The molecular formula is C11H15O2. The second-order valence-corrected chi connectivity index (χ2v) is 2.91. The highest BCUT2D eigenvalue weighted by Crippen LogP contribution is 2.01. The van der Waals surface area contributed by atoms with Crippen molar-refractivity contribution < 1.29 is 9.84 Å². The minimum Gasteiger partial charge on any atom is -0.379 e. The highest BCUT2D eigenvalue weighted by atomic mass is 16.5. The Balaban J connectivity index is 2.07. The van der Waals surface area contributed by atoms with Crippen LogP contribution in [0.25, 0.3) is 0 Å². The molecule has 0 bridgehead atoms. The molecule has 0 unspecified atom stereocenters. The zero-order valence-electron chi connectivity index (χ0n) is 7.74. The van der Waals surface area contributed by atoms with Crippen molar-refractivity contribution in [3.63, 3.8) is 0 Å². The zero-order valence-corrected chi connectivity index (χ0v) is 7.74. The molecule has 0 atom stereocenters. The minimum atomic E-state index is -0.134. The van der Waals surface area contributed by atoms with Crippen molar-refractivity contribution in [1.82, 2.24) is 0 Å². The molecule has 1 rings (SSSR count). The van der Waals surface area contributed by atoms with Crippen LogP contribution in [0, 0.1) is 0 Å². The zero-order chi connectivity index (χ0) is 9.36. The van der Waals surface area contributed by atoms with E-state index in [9.17, 15) is 5.11 Å². The Morgan fingerprint density at radius 2 is 1.85 bits per heavy atom. The van der Waals surface area contributed by atoms with Crippen molar-refractivity contribution in [3.8, 4) is 0 Å². The molecule has 0 fully saturated rings. The molecule has 71 valence electrons. The third kappa shape index (κ3) is 4.65. The van der Waals surface area contributed by atoms with Gasteiger partial charge in [-0.15, -0.1) is 0 Å². The lowest BCUT2D eigenvalue weighted by Crippen LogP contribution is -2.00. The first-order valence-electron chi connectivity index (χ1n) is 4.63. The van der Waals surface area contributed by atoms with Crippen LogP contribution in [-0.2, 0) is 16.3 Å². The van der Waals surface area contributed by atoms with Crippen LogP contribution in [-0.4, -0.2) is 19.8 Å². The van der Waals surface area contributed by atoms with Gasteiger partial charge in [0.05, 0.1) is 6.61 Å². The van der Waals surface area contributed by atoms with Crippen molar-refractivity contribution in [1.29, 1.82) is 0 Å². The Kier molecular flexibility index (Phi) is 5.22. The molecular weight excluding hydrogens is 164 g/mol. The minimum absolute atomic E-state index is 0.134. The van der Waals surface area contributed by atoms with Gasteiger partial charge in [0.15, 0.2) is 0 Å². The van der Waals surface area contributed by atoms with E-state index in [1.54, 1.807) is 0 Å². The summed E-state index contributed by atoms with van der Waals surface area (Å²) in [6.45, 7) is 0.900. The molecule has 0 aliphatic heterocycles. The summed E-state index contributed by atoms with van der Waals surface area (Å²) in [6, 6.07) is 10.3. The smallest absolute Gasteiger partial charge is 0.106 e. The van der Waals surface area contributed by atoms with Gasteiger partial charge in [-0.25, -0.2) is 5.11 Å². The molecule has 1 aromatic rings. The quantitative estimate of drug-likeness (QED) is 0.614. The third-order valence-corrected chi connectivity index (χ3v) is 1.82. The van der Waals surface area contributed by atoms with Gasteiger partial charge < -0.3 is 4.74 Å². The van der Waals surface area contributed by atoms with E-state index >= 15 is 0 Å². The van der Waals surface area contributed by atoms with E-state index in [0.29, 0.717) is 13.2 Å². The first-order chi connectivity index (χ1) is 6.43. The Hall–Kier alpha value is -0.860. The van der Waals surface area contributed by atoms with E-state index in [1.165, 1.54) is 5.56 Å². The van der Waals surface area contributed by atoms with Crippen molar-refractivity contribution in [3.05, 3.63) is 35.9 Å². The summed E-state index contributed by atoms with van der Waals surface area (Å²) in [7, 11) is 0. The summed E-state index contributed by atoms with van der Waals surface area (Å²) < 4.78 is 5.09. The maximum absolute atomic E-state index is 10.0. The molecule has 0 saturated carbocycles. The molecule has 0 amide bonds. The van der Waals surface area contributed by atoms with Gasteiger partial charge in [-0.1, -0.05) is 30.3 Å². The van der Waals surface area contributed by atoms with Crippen LogP contribution >= 0.6 is 0 Å². The summed E-state index contributed by atoms with van der Waals surface area (Å²) in [5, 5.41) is 10.0. The fourth-order valence-electron chi connectivity index (χ4n) is 1.18. The third-order valence-electron chi connectivity index (χ3n) is 1.82. The second kappa shape index (κ2) is 6.63. The average Bonchev–Trinajstić information content (AvgIpc) is 2.19. The van der Waals surface area contributed by atoms with Gasteiger partial charge in [0.1, 0.15) is 6.61 Å². The van der Waals surface area contributed by atoms with E-state index in [0.717, 1.165) is 12.8 Å². The molecule has 1 radical (unpaired) electrons. The average molecular weight is 179 g/mol. The molecule has 0 heterocycles. The lowest BCUT2D eigenvalue weighted by Gasteiger charge is -2.01. The molecule has 0 aliphatic carbocycles. The fourth-order valence-corrected chi connectivity index (χ4v) is 1.18. The van der Waals surface area contributed by atoms with E-state index in [4.69, 9.17) is 4.74 Å². The summed E-state index contributed by atoms with van der Waals surface area (Å²) in [5.41, 5.74) is 1.33. The van der Waals surface area contributed by atoms with Crippen LogP contribution in [0.4, 0.5) is 0 Å². The molecule has 13 heavy (non-hydrogen) atoms. The van der Waals surface area contributed by atoms with Gasteiger partial charge in [0.2, 0.25) is 0 Å². The van der Waals surface area contributed by atoms with Gasteiger partial charge in [-0.05, 0) is 18.4 Å². The van der Waals surface area contributed by atoms with Crippen molar-refractivity contribution >= 4 is 0 Å². The molecule has 2 heteroatoms. The SMILES string of the molecule is [O]CCOCCCc1ccccc1. The highest BCUT2D eigenvalue weighted by Gasteiger charge is 1.91. The summed E-state index contributed by atoms with van der Waals surface area (Å²) >= 11 is 0.